The van der Waals surface area contributed by atoms with Crippen molar-refractivity contribution in [1.82, 2.24) is 13.7 Å². The molecule has 10 aromatic rings. The summed E-state index contributed by atoms with van der Waals surface area (Å²) in [5.41, 5.74) is 9.64. The molecular formula is C64H56FN7O9. The van der Waals surface area contributed by atoms with Crippen LogP contribution >= 0.6 is 0 Å². The van der Waals surface area contributed by atoms with Crippen molar-refractivity contribution < 1.29 is 43.0 Å². The number of carbonyl (C=O) groups is 4. The lowest BCUT2D eigenvalue weighted by Crippen LogP contribution is -2.07. The number of rotatable bonds is 15. The molecule has 0 saturated heterocycles. The van der Waals surface area contributed by atoms with E-state index in [0.29, 0.717) is 39.6 Å². The Bertz CT molecular complexity index is 4060. The number of nitro benzene ring substituents is 1. The summed E-state index contributed by atoms with van der Waals surface area (Å²) in [6, 6.07) is 53.1. The zero-order valence-corrected chi connectivity index (χ0v) is 45.3. The molecule has 3 heterocycles. The summed E-state index contributed by atoms with van der Waals surface area (Å²) in [6.45, 7) is 10.2. The molecule has 0 spiro atoms. The van der Waals surface area contributed by atoms with E-state index >= 15 is 0 Å². The van der Waals surface area contributed by atoms with Crippen LogP contribution in [0, 0.1) is 15.9 Å². The van der Waals surface area contributed by atoms with Gasteiger partial charge in [-0.3, -0.25) is 14.9 Å². The van der Waals surface area contributed by atoms with Gasteiger partial charge in [-0.1, -0.05) is 158 Å². The Morgan fingerprint density at radius 1 is 0.457 bits per heavy atom. The van der Waals surface area contributed by atoms with Crippen molar-refractivity contribution in [3.8, 4) is 17.1 Å². The maximum absolute atomic E-state index is 14.2. The molecule has 0 N–H and O–H groups in total. The van der Waals surface area contributed by atoms with Gasteiger partial charge in [-0.05, 0) is 69.3 Å². The van der Waals surface area contributed by atoms with Gasteiger partial charge in [0.25, 0.3) is 5.69 Å². The van der Waals surface area contributed by atoms with Crippen molar-refractivity contribution in [1.29, 1.82) is 0 Å². The summed E-state index contributed by atoms with van der Waals surface area (Å²) in [7, 11) is 0. The number of fused-ring (bicyclic) bond motifs is 3. The van der Waals surface area contributed by atoms with Crippen LogP contribution in [0.1, 0.15) is 93.4 Å². The van der Waals surface area contributed by atoms with Crippen LogP contribution in [-0.2, 0) is 28.9 Å². The first kappa shape index (κ1) is 56.8. The van der Waals surface area contributed by atoms with Crippen molar-refractivity contribution in [3.05, 3.63) is 238 Å². The maximum Gasteiger partial charge on any atom is 0.334 e. The van der Waals surface area contributed by atoms with E-state index < -0.39 is 16.9 Å². The third-order valence-corrected chi connectivity index (χ3v) is 12.9. The van der Waals surface area contributed by atoms with Crippen molar-refractivity contribution in [2.24, 2.45) is 15.5 Å². The molecule has 10 rings (SSSR count). The van der Waals surface area contributed by atoms with Crippen LogP contribution in [0.25, 0.3) is 49.8 Å². The smallest absolute Gasteiger partial charge is 0.318 e. The first-order valence-corrected chi connectivity index (χ1v) is 26.0. The highest BCUT2D eigenvalue weighted by atomic mass is 19.1. The summed E-state index contributed by atoms with van der Waals surface area (Å²) in [5.74, 6) is -1.53. The van der Waals surface area contributed by atoms with Gasteiger partial charge in [-0.2, -0.15) is 0 Å². The number of halogens is 1. The normalized spacial score (nSPS) is 11.6. The summed E-state index contributed by atoms with van der Waals surface area (Å²) < 4.78 is 19.7. The number of nitro groups is 1. The fourth-order valence-electron chi connectivity index (χ4n) is 8.83. The number of benzene rings is 7. The van der Waals surface area contributed by atoms with Crippen LogP contribution in [0.4, 0.5) is 10.1 Å². The van der Waals surface area contributed by atoms with E-state index in [-0.39, 0.29) is 42.5 Å². The first-order chi connectivity index (χ1) is 39.2. The highest BCUT2D eigenvalue weighted by Crippen LogP contribution is 2.33. The molecule has 17 heteroatoms. The van der Waals surface area contributed by atoms with Crippen LogP contribution in [0.15, 0.2) is 210 Å². The average Bonchev–Trinajstić information content (AvgIpc) is 4.21. The van der Waals surface area contributed by atoms with Gasteiger partial charge >= 0.3 is 17.9 Å². The van der Waals surface area contributed by atoms with Gasteiger partial charge in [0.05, 0.1) is 44.3 Å². The largest absolute Gasteiger partial charge is 0.334 e. The molecule has 0 amide bonds. The number of ketones is 1. The lowest BCUT2D eigenvalue weighted by molar-refractivity contribution is -0.384. The molecule has 0 saturated carbocycles. The number of Topliss-reactive ketones (excluding diaryl/α,β-unsaturated/α-hetero) is 1. The van der Waals surface area contributed by atoms with Gasteiger partial charge in [-0.25, -0.2) is 18.8 Å². The van der Waals surface area contributed by atoms with Crippen LogP contribution < -0.4 is 0 Å². The number of nitrogens with zero attached hydrogens (tertiary/aromatic N) is 7. The Morgan fingerprint density at radius 3 is 1.33 bits per heavy atom. The monoisotopic (exact) mass is 1090 g/mol. The predicted molar refractivity (Wildman–Crippen MR) is 312 cm³/mol. The minimum absolute atomic E-state index is 0.00203. The standard InChI is InChI=1S/C24H19N3O4.C21H20N2O3.C19H17FN2O2/c1-2-23(28)31-25-24(17-10-4-3-5-11-17)19-16-26(20-13-7-6-12-18(19)20)21-14-8-9-15-22(21)27(29)30;1-4-21(25)26-22-14(2)18-13-23(20-12-8-6-10-17(18)20)19-11-7-5-9-16(19)15(3)24;1-3-19(23)24-21-13(2)15-12-22(17-10-6-4-8-14(15)17)18-11-7-5-9-16(18)20/h3-16H,2H2,1H3;5-13H,4H2,1-3H3;4-12H,3H2,1-2H3/b25-24+;22-14+;21-13+. The van der Waals surface area contributed by atoms with Crippen LogP contribution in [-0.4, -0.2) is 59.5 Å². The Morgan fingerprint density at radius 2 is 0.840 bits per heavy atom. The zero-order chi connectivity index (χ0) is 57.6. The molecule has 3 aromatic heterocycles. The molecule has 0 aliphatic rings. The fourth-order valence-corrected chi connectivity index (χ4v) is 8.83. The molecule has 16 nitrogen and oxygen atoms in total. The number of oxime groups is 3. The lowest BCUT2D eigenvalue weighted by Gasteiger charge is -2.09. The van der Waals surface area contributed by atoms with E-state index in [1.54, 1.807) is 93.3 Å². The highest BCUT2D eigenvalue weighted by Gasteiger charge is 2.22. The van der Waals surface area contributed by atoms with Gasteiger partial charge in [0, 0.05) is 87.9 Å². The molecule has 408 valence electrons. The van der Waals surface area contributed by atoms with E-state index in [1.165, 1.54) is 12.1 Å². The maximum atomic E-state index is 14.2. The highest BCUT2D eigenvalue weighted by molar-refractivity contribution is 6.20. The molecular weight excluding hydrogens is 1030 g/mol. The van der Waals surface area contributed by atoms with E-state index in [9.17, 15) is 33.7 Å². The summed E-state index contributed by atoms with van der Waals surface area (Å²) in [6.07, 6.45) is 6.24. The molecule has 0 bridgehead atoms. The van der Waals surface area contributed by atoms with Gasteiger partial charge in [0.2, 0.25) is 0 Å². The van der Waals surface area contributed by atoms with Crippen molar-refractivity contribution in [2.75, 3.05) is 0 Å². The van der Waals surface area contributed by atoms with E-state index in [2.05, 4.69) is 15.5 Å². The second-order valence-electron chi connectivity index (χ2n) is 18.2. The quantitative estimate of drug-likeness (QED) is 0.0316. The van der Waals surface area contributed by atoms with E-state index in [4.69, 9.17) is 14.5 Å². The predicted octanol–water partition coefficient (Wildman–Crippen LogP) is 14.2. The van der Waals surface area contributed by atoms with Crippen molar-refractivity contribution >= 4 is 79.2 Å². The number of aromatic nitrogens is 3. The number of para-hydroxylation sites is 7. The van der Waals surface area contributed by atoms with Crippen LogP contribution in [0.3, 0.4) is 0 Å². The third-order valence-electron chi connectivity index (χ3n) is 12.9. The molecule has 81 heavy (non-hydrogen) atoms. The molecule has 0 fully saturated rings. The lowest BCUT2D eigenvalue weighted by atomic mass is 10.0. The number of carbonyl (C=O) groups excluding carboxylic acids is 4. The summed E-state index contributed by atoms with van der Waals surface area (Å²) in [5, 5.41) is 26.4. The molecule has 0 aliphatic heterocycles. The molecule has 0 atom stereocenters. The van der Waals surface area contributed by atoms with Crippen molar-refractivity contribution in [2.45, 2.75) is 60.8 Å². The number of hydrogen-bond donors (Lipinski definition) is 0. The summed E-state index contributed by atoms with van der Waals surface area (Å²) in [4.78, 5) is 72.6. The van der Waals surface area contributed by atoms with Gasteiger partial charge < -0.3 is 28.2 Å². The Kier molecular flexibility index (Phi) is 18.4. The zero-order valence-electron chi connectivity index (χ0n) is 45.3. The Hall–Kier alpha value is -10.4. The van der Waals surface area contributed by atoms with Crippen LogP contribution in [0.2, 0.25) is 0 Å². The molecule has 0 unspecified atom stereocenters. The third kappa shape index (κ3) is 13.0. The van der Waals surface area contributed by atoms with Crippen LogP contribution in [0.5, 0.6) is 0 Å². The summed E-state index contributed by atoms with van der Waals surface area (Å²) >= 11 is 0. The second kappa shape index (κ2) is 26.3. The minimum Gasteiger partial charge on any atom is -0.318 e. The first-order valence-electron chi connectivity index (χ1n) is 26.0. The van der Waals surface area contributed by atoms with Crippen molar-refractivity contribution in [3.63, 3.8) is 0 Å². The molecule has 7 aromatic carbocycles. The second-order valence-corrected chi connectivity index (χ2v) is 18.2. The Labute approximate surface area is 465 Å². The fraction of sp³-hybridized carbons (Fsp3) is 0.141. The Balaban J connectivity index is 0.000000161. The van der Waals surface area contributed by atoms with E-state index in [0.717, 1.165) is 55.1 Å². The van der Waals surface area contributed by atoms with Gasteiger partial charge in [0.15, 0.2) is 5.78 Å². The number of hydrogen-bond acceptors (Lipinski definition) is 12. The molecule has 0 aliphatic carbocycles. The van der Waals surface area contributed by atoms with E-state index in [1.807, 2.05) is 144 Å². The average molecular weight is 1090 g/mol. The SMILES string of the molecule is CCC(=O)O/N=C(\C)c1cn(-c2ccccc2C(C)=O)c2ccccc12.CCC(=O)O/N=C(\C)c1cn(-c2ccccc2F)c2ccccc12.CCC(=O)O/N=C(\c1ccccc1)c1cn(-c2ccccc2[N+](=O)[O-])c2ccccc12. The van der Waals surface area contributed by atoms with Gasteiger partial charge in [0.1, 0.15) is 17.2 Å². The van der Waals surface area contributed by atoms with Gasteiger partial charge in [-0.15, -0.1) is 0 Å². The minimum atomic E-state index is -0.448. The molecule has 0 radical (unpaired) electrons. The topological polar surface area (TPSA) is 191 Å².